The van der Waals surface area contributed by atoms with Crippen molar-refractivity contribution in [2.45, 2.75) is 31.6 Å². The molecule has 1 fully saturated rings. The molecule has 1 saturated heterocycles. The van der Waals surface area contributed by atoms with Gasteiger partial charge in [0.2, 0.25) is 0 Å². The number of hydrogen-bond donors (Lipinski definition) is 1. The first-order valence-corrected chi connectivity index (χ1v) is 8.02. The molecule has 1 unspecified atom stereocenters. The molecular formula is C13H22N2S2. The molecule has 0 aliphatic carbocycles. The minimum atomic E-state index is 0.358. The van der Waals surface area contributed by atoms with Crippen LogP contribution in [0.1, 0.15) is 30.3 Å². The highest BCUT2D eigenvalue weighted by Crippen LogP contribution is 2.35. The van der Waals surface area contributed by atoms with Gasteiger partial charge in [0, 0.05) is 35.0 Å². The van der Waals surface area contributed by atoms with E-state index in [0.717, 1.165) is 19.6 Å². The number of thioether (sulfide) groups is 1. The third kappa shape index (κ3) is 3.05. The minimum Gasteiger partial charge on any atom is -0.329 e. The Kier molecular flexibility index (Phi) is 4.18. The van der Waals surface area contributed by atoms with E-state index < -0.39 is 0 Å². The normalized spacial score (nSPS) is 22.6. The van der Waals surface area contributed by atoms with Gasteiger partial charge in [-0.15, -0.1) is 11.3 Å². The number of thiophene rings is 1. The third-order valence-electron chi connectivity index (χ3n) is 3.32. The molecule has 2 rings (SSSR count). The monoisotopic (exact) mass is 270 g/mol. The van der Waals surface area contributed by atoms with E-state index in [1.807, 2.05) is 11.3 Å². The molecule has 0 amide bonds. The highest BCUT2D eigenvalue weighted by atomic mass is 32.2. The van der Waals surface area contributed by atoms with E-state index in [1.165, 1.54) is 16.2 Å². The van der Waals surface area contributed by atoms with Gasteiger partial charge in [0.1, 0.15) is 0 Å². The molecule has 4 heteroatoms. The molecule has 0 saturated carbocycles. The van der Waals surface area contributed by atoms with E-state index in [-0.39, 0.29) is 0 Å². The molecule has 1 aromatic heterocycles. The summed E-state index contributed by atoms with van der Waals surface area (Å²) in [5, 5.41) is 2.18. The zero-order valence-corrected chi connectivity index (χ0v) is 12.5. The number of nitrogens with zero attached hydrogens (tertiary/aromatic N) is 1. The van der Waals surface area contributed by atoms with Crippen LogP contribution in [0.3, 0.4) is 0 Å². The summed E-state index contributed by atoms with van der Waals surface area (Å²) in [6, 6.07) is 2.61. The summed E-state index contributed by atoms with van der Waals surface area (Å²) in [5.74, 6) is 1.22. The Labute approximate surface area is 113 Å². The molecule has 0 radical (unpaired) electrons. The highest BCUT2D eigenvalue weighted by molar-refractivity contribution is 8.00. The predicted octanol–water partition coefficient (Wildman–Crippen LogP) is 2.88. The SMILES string of the molecule is Cc1ccsc1C(CN)N1CCSC(C)(C)C1. The maximum atomic E-state index is 6.01. The highest BCUT2D eigenvalue weighted by Gasteiger charge is 2.32. The Morgan fingerprint density at radius 3 is 2.82 bits per heavy atom. The standard InChI is InChI=1S/C13H22N2S2/c1-10-4-6-16-12(10)11(8-14)15-5-7-17-13(2,3)9-15/h4,6,11H,5,7-9,14H2,1-3H3. The fourth-order valence-electron chi connectivity index (χ4n) is 2.47. The molecule has 0 aromatic carbocycles. The van der Waals surface area contributed by atoms with Crippen molar-refractivity contribution < 1.29 is 0 Å². The molecule has 1 aliphatic rings. The van der Waals surface area contributed by atoms with Crippen LogP contribution < -0.4 is 5.73 Å². The Balaban J connectivity index is 2.16. The van der Waals surface area contributed by atoms with Crippen molar-refractivity contribution in [3.63, 3.8) is 0 Å². The Morgan fingerprint density at radius 1 is 1.53 bits per heavy atom. The molecule has 0 bridgehead atoms. The van der Waals surface area contributed by atoms with Crippen LogP contribution in [-0.2, 0) is 0 Å². The van der Waals surface area contributed by atoms with Gasteiger partial charge >= 0.3 is 0 Å². The maximum Gasteiger partial charge on any atom is 0.0567 e. The molecule has 2 heterocycles. The first-order chi connectivity index (χ1) is 8.03. The van der Waals surface area contributed by atoms with Crippen LogP contribution in [0, 0.1) is 6.92 Å². The Hall–Kier alpha value is -0.0300. The van der Waals surface area contributed by atoms with Crippen molar-refractivity contribution in [1.82, 2.24) is 4.90 Å². The van der Waals surface area contributed by atoms with Gasteiger partial charge in [0.25, 0.3) is 0 Å². The smallest absolute Gasteiger partial charge is 0.0567 e. The van der Waals surface area contributed by atoms with Crippen molar-refractivity contribution in [3.8, 4) is 0 Å². The second-order valence-corrected chi connectivity index (χ2v) is 8.05. The van der Waals surface area contributed by atoms with Crippen molar-refractivity contribution >= 4 is 23.1 Å². The van der Waals surface area contributed by atoms with Gasteiger partial charge in [-0.05, 0) is 37.8 Å². The zero-order valence-electron chi connectivity index (χ0n) is 10.9. The summed E-state index contributed by atoms with van der Waals surface area (Å²) in [6.45, 7) is 9.88. The first kappa shape index (κ1) is 13.4. The Morgan fingerprint density at radius 2 is 2.29 bits per heavy atom. The van der Waals surface area contributed by atoms with E-state index in [9.17, 15) is 0 Å². The van der Waals surface area contributed by atoms with Gasteiger partial charge in [-0.2, -0.15) is 11.8 Å². The Bertz CT molecular complexity index is 373. The van der Waals surface area contributed by atoms with Crippen LogP contribution >= 0.6 is 23.1 Å². The summed E-state index contributed by atoms with van der Waals surface area (Å²) in [6.07, 6.45) is 0. The van der Waals surface area contributed by atoms with Crippen LogP contribution in [0.5, 0.6) is 0 Å². The second kappa shape index (κ2) is 5.31. The van der Waals surface area contributed by atoms with Gasteiger partial charge in [-0.3, -0.25) is 4.90 Å². The first-order valence-electron chi connectivity index (χ1n) is 6.15. The van der Waals surface area contributed by atoms with E-state index in [0.29, 0.717) is 10.8 Å². The van der Waals surface area contributed by atoms with Crippen LogP contribution in [0.25, 0.3) is 0 Å². The summed E-state index contributed by atoms with van der Waals surface area (Å²) in [4.78, 5) is 4.02. The topological polar surface area (TPSA) is 29.3 Å². The van der Waals surface area contributed by atoms with E-state index in [4.69, 9.17) is 5.73 Å². The van der Waals surface area contributed by atoms with Crippen LogP contribution in [0.15, 0.2) is 11.4 Å². The molecular weight excluding hydrogens is 248 g/mol. The fourth-order valence-corrected chi connectivity index (χ4v) is 4.68. The molecule has 17 heavy (non-hydrogen) atoms. The summed E-state index contributed by atoms with van der Waals surface area (Å²) in [5.41, 5.74) is 7.40. The van der Waals surface area contributed by atoms with Crippen LogP contribution in [0.4, 0.5) is 0 Å². The van der Waals surface area contributed by atoms with Gasteiger partial charge in [0.15, 0.2) is 0 Å². The minimum absolute atomic E-state index is 0.358. The lowest BCUT2D eigenvalue weighted by atomic mass is 10.1. The van der Waals surface area contributed by atoms with Gasteiger partial charge in [0.05, 0.1) is 6.04 Å². The van der Waals surface area contributed by atoms with E-state index >= 15 is 0 Å². The van der Waals surface area contributed by atoms with E-state index in [2.05, 4.69) is 48.9 Å². The molecule has 2 nitrogen and oxygen atoms in total. The average molecular weight is 270 g/mol. The molecule has 1 aromatic rings. The van der Waals surface area contributed by atoms with Crippen molar-refractivity contribution in [3.05, 3.63) is 21.9 Å². The summed E-state index contributed by atoms with van der Waals surface area (Å²) < 4.78 is 0.358. The van der Waals surface area contributed by atoms with E-state index in [1.54, 1.807) is 0 Å². The molecule has 2 N–H and O–H groups in total. The molecule has 1 atom stereocenters. The molecule has 96 valence electrons. The number of nitrogens with two attached hydrogens (primary N) is 1. The third-order valence-corrected chi connectivity index (χ3v) is 5.74. The number of hydrogen-bond acceptors (Lipinski definition) is 4. The second-order valence-electron chi connectivity index (χ2n) is 5.30. The largest absolute Gasteiger partial charge is 0.329 e. The molecule has 1 aliphatic heterocycles. The number of rotatable bonds is 3. The lowest BCUT2D eigenvalue weighted by molar-refractivity contribution is 0.194. The van der Waals surface area contributed by atoms with Crippen LogP contribution in [-0.4, -0.2) is 35.0 Å². The lowest BCUT2D eigenvalue weighted by Gasteiger charge is -2.41. The average Bonchev–Trinajstić information content (AvgIpc) is 2.65. The predicted molar refractivity (Wildman–Crippen MR) is 79.0 cm³/mol. The fraction of sp³-hybridized carbons (Fsp3) is 0.692. The molecule has 0 spiro atoms. The summed E-state index contributed by atoms with van der Waals surface area (Å²) >= 11 is 3.92. The van der Waals surface area contributed by atoms with Crippen molar-refractivity contribution in [2.75, 3.05) is 25.4 Å². The van der Waals surface area contributed by atoms with Crippen molar-refractivity contribution in [2.24, 2.45) is 5.73 Å². The zero-order chi connectivity index (χ0) is 12.5. The quantitative estimate of drug-likeness (QED) is 0.916. The van der Waals surface area contributed by atoms with Gasteiger partial charge in [-0.25, -0.2) is 0 Å². The van der Waals surface area contributed by atoms with Gasteiger partial charge < -0.3 is 5.73 Å². The van der Waals surface area contributed by atoms with Crippen molar-refractivity contribution in [1.29, 1.82) is 0 Å². The van der Waals surface area contributed by atoms with Gasteiger partial charge in [-0.1, -0.05) is 0 Å². The number of aryl methyl sites for hydroxylation is 1. The van der Waals surface area contributed by atoms with Crippen LogP contribution in [0.2, 0.25) is 0 Å². The maximum absolute atomic E-state index is 6.01. The lowest BCUT2D eigenvalue weighted by Crippen LogP contribution is -2.46. The summed E-state index contributed by atoms with van der Waals surface area (Å²) in [7, 11) is 0.